The Morgan fingerprint density at radius 2 is 1.17 bits per heavy atom. The predicted molar refractivity (Wildman–Crippen MR) is 215 cm³/mol. The molecule has 18 nitrogen and oxygen atoms in total. The molecule has 0 saturated carbocycles. The first-order valence-electron chi connectivity index (χ1n) is 17.1. The van der Waals surface area contributed by atoms with Crippen LogP contribution >= 0.6 is 24.1 Å². The maximum absolute atomic E-state index is 12.0. The van der Waals surface area contributed by atoms with Gasteiger partial charge in [0.1, 0.15) is 21.6 Å². The van der Waals surface area contributed by atoms with Crippen LogP contribution in [0.25, 0.3) is 21.5 Å². The van der Waals surface area contributed by atoms with Crippen molar-refractivity contribution in [2.24, 2.45) is 30.7 Å². The molecule has 0 atom stereocenters. The molecule has 63 heavy (non-hydrogen) atoms. The van der Waals surface area contributed by atoms with Crippen LogP contribution in [0.3, 0.4) is 0 Å². The van der Waals surface area contributed by atoms with Gasteiger partial charge in [-0.15, -0.1) is 5.11 Å². The van der Waals surface area contributed by atoms with E-state index in [0.717, 1.165) is 11.6 Å². The number of azo groups is 3. The Morgan fingerprint density at radius 1 is 0.587 bits per heavy atom. The summed E-state index contributed by atoms with van der Waals surface area (Å²) in [6.07, 6.45) is 0. The van der Waals surface area contributed by atoms with Gasteiger partial charge in [-0.25, -0.2) is 8.42 Å². The Kier molecular flexibility index (Phi) is 20.1. The standard InChI is InChI=1S/C39H29N7O11S3.3Na/c1-22-16-29(44-46-38-36(59-57-55-50)19-24-17-30(10-14-33(24)39(38)48)43-41-27-8-12-31(47)13-9-27)11-15-35(22)45-42-26-6-4-25(5-7-26)40-28-3-2-23-18-32(58-56-54-49)21-37(34(23)20-28)60(51,52)53;;;/h2-21,40,47-50H,1H3,(H,51,52,53);;;/q;3*+1/p-3. The van der Waals surface area contributed by atoms with Crippen LogP contribution in [0.2, 0.25) is 0 Å². The van der Waals surface area contributed by atoms with Crippen molar-refractivity contribution in [2.75, 3.05) is 5.32 Å². The van der Waals surface area contributed by atoms with Gasteiger partial charge in [0, 0.05) is 27.0 Å². The summed E-state index contributed by atoms with van der Waals surface area (Å²) in [5.41, 5.74) is 4.40. The molecule has 7 aromatic rings. The topological polar surface area (TPSA) is 267 Å². The number of anilines is 2. The van der Waals surface area contributed by atoms with Gasteiger partial charge in [-0.1, -0.05) is 6.07 Å². The first kappa shape index (κ1) is 52.3. The summed E-state index contributed by atoms with van der Waals surface area (Å²) in [5.74, 6) is -0.125. The first-order chi connectivity index (χ1) is 29.0. The molecule has 0 aliphatic carbocycles. The van der Waals surface area contributed by atoms with E-state index in [2.05, 4.69) is 54.7 Å². The Balaban J connectivity index is 0.00000290. The quantitative estimate of drug-likeness (QED) is 0.0325. The van der Waals surface area contributed by atoms with Gasteiger partial charge in [-0.05, 0) is 139 Å². The van der Waals surface area contributed by atoms with Crippen LogP contribution in [-0.2, 0) is 28.9 Å². The number of nitrogens with one attached hydrogen (secondary N) is 1. The SMILES string of the molecule is Cc1cc(N=Nc2c(SOO[O-])cc3cc(N=Nc4ccc(O)cc4)ccc3c2O)ccc1N=Nc1ccc(Nc2ccc3cc(SOO[O-])cc(S(=O)(=O)[O-])c3c2)cc1.[Na+].[Na+].[Na+]. The number of phenols is 2. The molecule has 7 rings (SSSR count). The average Bonchev–Trinajstić information content (AvgIpc) is 3.24. The van der Waals surface area contributed by atoms with Crippen molar-refractivity contribution in [3.05, 3.63) is 127 Å². The third-order valence-electron chi connectivity index (χ3n) is 8.51. The second-order valence-corrected chi connectivity index (χ2v) is 15.4. The summed E-state index contributed by atoms with van der Waals surface area (Å²) in [5, 5.41) is 78.8. The van der Waals surface area contributed by atoms with E-state index in [0.29, 0.717) is 80.1 Å². The molecule has 0 unspecified atom stereocenters. The second-order valence-electron chi connectivity index (χ2n) is 12.5. The van der Waals surface area contributed by atoms with E-state index in [1.807, 2.05) is 6.92 Å². The zero-order valence-electron chi connectivity index (χ0n) is 33.5. The zero-order chi connectivity index (χ0) is 42.2. The van der Waals surface area contributed by atoms with Gasteiger partial charge in [0.25, 0.3) is 0 Å². The smallest absolute Gasteiger partial charge is 0.744 e. The third kappa shape index (κ3) is 13.8. The zero-order valence-corrected chi connectivity index (χ0v) is 42.0. The monoisotopic (exact) mass is 933 g/mol. The molecule has 0 aromatic heterocycles. The molecule has 24 heteroatoms. The van der Waals surface area contributed by atoms with Crippen LogP contribution in [0.5, 0.6) is 11.5 Å². The van der Waals surface area contributed by atoms with E-state index < -0.39 is 15.0 Å². The van der Waals surface area contributed by atoms with Crippen molar-refractivity contribution in [3.63, 3.8) is 0 Å². The van der Waals surface area contributed by atoms with Crippen LogP contribution in [-0.4, -0.2) is 23.2 Å². The van der Waals surface area contributed by atoms with Crippen molar-refractivity contribution in [2.45, 2.75) is 21.6 Å². The number of rotatable bonds is 15. The third-order valence-corrected chi connectivity index (χ3v) is 10.6. The second kappa shape index (κ2) is 24.2. The number of aromatic hydroxyl groups is 2. The Morgan fingerprint density at radius 3 is 1.86 bits per heavy atom. The molecule has 0 spiro atoms. The summed E-state index contributed by atoms with van der Waals surface area (Å²) in [4.78, 5) is -0.0695. The largest absolute Gasteiger partial charge is 1.00 e. The average molecular weight is 934 g/mol. The molecule has 0 radical (unpaired) electrons. The summed E-state index contributed by atoms with van der Waals surface area (Å²) in [6, 6.07) is 32.2. The van der Waals surface area contributed by atoms with Gasteiger partial charge < -0.3 is 30.6 Å². The summed E-state index contributed by atoms with van der Waals surface area (Å²) >= 11 is 1.01. The number of aryl methyl sites for hydroxylation is 1. The molecular formula is C39H26N7Na3O11S3. The van der Waals surface area contributed by atoms with Gasteiger partial charge in [-0.2, -0.15) is 34.2 Å². The Bertz CT molecular complexity index is 2920. The fourth-order valence-electron chi connectivity index (χ4n) is 5.74. The van der Waals surface area contributed by atoms with Gasteiger partial charge in [0.15, 0.2) is 5.75 Å². The summed E-state index contributed by atoms with van der Waals surface area (Å²) < 4.78 is 44.9. The maximum Gasteiger partial charge on any atom is 1.00 e. The fourth-order valence-corrected chi connectivity index (χ4v) is 7.47. The van der Waals surface area contributed by atoms with Crippen molar-refractivity contribution < 1.29 is 141 Å². The predicted octanol–water partition coefficient (Wildman–Crippen LogP) is 1.08. The van der Waals surface area contributed by atoms with Gasteiger partial charge in [0.2, 0.25) is 0 Å². The van der Waals surface area contributed by atoms with Gasteiger partial charge in [-0.3, -0.25) is 10.1 Å². The van der Waals surface area contributed by atoms with Crippen molar-refractivity contribution >= 4 is 101 Å². The molecule has 0 heterocycles. The Labute approximate surface area is 433 Å². The van der Waals surface area contributed by atoms with Crippen molar-refractivity contribution in [1.29, 1.82) is 0 Å². The molecule has 0 saturated heterocycles. The minimum atomic E-state index is -4.88. The van der Waals surface area contributed by atoms with Crippen LogP contribution < -0.4 is 105 Å². The van der Waals surface area contributed by atoms with E-state index in [1.165, 1.54) is 18.2 Å². The summed E-state index contributed by atoms with van der Waals surface area (Å²) in [6.45, 7) is 1.81. The maximum atomic E-state index is 12.0. The van der Waals surface area contributed by atoms with E-state index in [-0.39, 0.29) is 121 Å². The van der Waals surface area contributed by atoms with Gasteiger partial charge >= 0.3 is 88.7 Å². The molecule has 3 N–H and O–H groups in total. The van der Waals surface area contributed by atoms with E-state index in [1.54, 1.807) is 97.1 Å². The number of fused-ring (bicyclic) bond motifs is 2. The molecule has 7 aromatic carbocycles. The number of hydrogen-bond acceptors (Lipinski definition) is 20. The number of benzene rings is 7. The number of nitrogens with zero attached hydrogens (tertiary/aromatic N) is 6. The fraction of sp³-hybridized carbons (Fsp3) is 0.0256. The van der Waals surface area contributed by atoms with Gasteiger partial charge in [0.05, 0.1) is 62.3 Å². The molecule has 304 valence electrons. The normalized spacial score (nSPS) is 11.6. The van der Waals surface area contributed by atoms with Crippen molar-refractivity contribution in [1.82, 2.24) is 0 Å². The molecular weight excluding hydrogens is 908 g/mol. The minimum Gasteiger partial charge on any atom is -0.744 e. The molecule has 0 fully saturated rings. The molecule has 0 amide bonds. The molecule has 0 aliphatic heterocycles. The molecule has 0 bridgehead atoms. The van der Waals surface area contributed by atoms with Crippen LogP contribution in [0.1, 0.15) is 5.56 Å². The van der Waals surface area contributed by atoms with E-state index in [4.69, 9.17) is 0 Å². The van der Waals surface area contributed by atoms with Crippen molar-refractivity contribution in [3.8, 4) is 11.5 Å². The van der Waals surface area contributed by atoms with Crippen LogP contribution in [0, 0.1) is 6.92 Å². The minimum absolute atomic E-state index is 0. The first-order valence-corrected chi connectivity index (χ1v) is 20.0. The Hall–Kier alpha value is -3.37. The molecule has 0 aliphatic rings. The summed E-state index contributed by atoms with van der Waals surface area (Å²) in [7, 11) is -4.88. The van der Waals surface area contributed by atoms with E-state index in [9.17, 15) is 33.7 Å². The van der Waals surface area contributed by atoms with Crippen LogP contribution in [0.15, 0.2) is 167 Å². The number of phenolic OH excluding ortho intramolecular Hbond substituents is 2. The van der Waals surface area contributed by atoms with E-state index >= 15 is 0 Å². The van der Waals surface area contributed by atoms with Crippen LogP contribution in [0.4, 0.5) is 45.5 Å². The number of hydrogen-bond donors (Lipinski definition) is 3.